The number of nitrogens with zero attached hydrogens (tertiary/aromatic N) is 2. The molecule has 0 saturated carbocycles. The molecule has 0 fully saturated rings. The van der Waals surface area contributed by atoms with Gasteiger partial charge in [0.15, 0.2) is 0 Å². The average Bonchev–Trinajstić information content (AvgIpc) is 2.55. The van der Waals surface area contributed by atoms with E-state index in [2.05, 4.69) is 49.1 Å². The van der Waals surface area contributed by atoms with Gasteiger partial charge in [0.1, 0.15) is 0 Å². The first kappa shape index (κ1) is 20.5. The maximum Gasteiger partial charge on any atom is 0.238 e. The summed E-state index contributed by atoms with van der Waals surface area (Å²) >= 11 is 0. The van der Waals surface area contributed by atoms with Gasteiger partial charge in [-0.3, -0.25) is 0 Å². The fourth-order valence-electron chi connectivity index (χ4n) is 2.17. The van der Waals surface area contributed by atoms with Crippen molar-refractivity contribution in [2.75, 3.05) is 23.7 Å². The van der Waals surface area contributed by atoms with Crippen LogP contribution in [0.4, 0.5) is 11.4 Å². The van der Waals surface area contributed by atoms with Crippen molar-refractivity contribution < 1.29 is 8.42 Å². The molecular formula is C18H24N4O2S. The van der Waals surface area contributed by atoms with Crippen molar-refractivity contribution in [3.63, 3.8) is 0 Å². The summed E-state index contributed by atoms with van der Waals surface area (Å²) in [5, 5.41) is 13.4. The van der Waals surface area contributed by atoms with E-state index in [4.69, 9.17) is 16.1 Å². The Bertz CT molecular complexity index is 829. The van der Waals surface area contributed by atoms with Gasteiger partial charge in [-0.15, -0.1) is 0 Å². The van der Waals surface area contributed by atoms with E-state index < -0.39 is 10.0 Å². The predicted molar refractivity (Wildman–Crippen MR) is 102 cm³/mol. The number of aryl methyl sites for hydroxylation is 1. The molecule has 7 heteroatoms. The van der Waals surface area contributed by atoms with Crippen molar-refractivity contribution in [1.29, 1.82) is 5.26 Å². The first-order valence-corrected chi connectivity index (χ1v) is 9.39. The molecule has 0 aliphatic carbocycles. The zero-order chi connectivity index (χ0) is 18.9. The summed E-state index contributed by atoms with van der Waals surface area (Å²) in [5.74, 6) is 0. The lowest BCUT2D eigenvalue weighted by Crippen LogP contribution is -2.23. The monoisotopic (exact) mass is 360 g/mol. The Kier molecular flexibility index (Phi) is 7.92. The highest BCUT2D eigenvalue weighted by Gasteiger charge is 2.06. The minimum Gasteiger partial charge on any atom is -0.399 e. The van der Waals surface area contributed by atoms with Crippen molar-refractivity contribution in [3.8, 4) is 6.07 Å². The lowest BCUT2D eigenvalue weighted by atomic mass is 10.2. The van der Waals surface area contributed by atoms with Crippen molar-refractivity contribution in [1.82, 2.24) is 0 Å². The third kappa shape index (κ3) is 7.25. The van der Waals surface area contributed by atoms with Gasteiger partial charge in [-0.05, 0) is 49.7 Å². The Morgan fingerprint density at radius 1 is 1.16 bits per heavy atom. The molecule has 25 heavy (non-hydrogen) atoms. The normalized spacial score (nSPS) is 10.3. The summed E-state index contributed by atoms with van der Waals surface area (Å²) < 4.78 is 21.4. The second kappa shape index (κ2) is 9.67. The van der Waals surface area contributed by atoms with Crippen LogP contribution in [-0.4, -0.2) is 21.5 Å². The van der Waals surface area contributed by atoms with Gasteiger partial charge in [-0.25, -0.2) is 13.6 Å². The Labute approximate surface area is 149 Å². The summed E-state index contributed by atoms with van der Waals surface area (Å²) in [4.78, 5) is 2.26. The minimum absolute atomic E-state index is 0.0394. The number of sulfonamides is 1. The molecule has 6 nitrogen and oxygen atoms in total. The van der Waals surface area contributed by atoms with Gasteiger partial charge in [0.25, 0.3) is 0 Å². The van der Waals surface area contributed by atoms with Crippen LogP contribution in [0.1, 0.15) is 18.9 Å². The molecule has 0 heterocycles. The molecule has 0 bridgehead atoms. The molecule has 0 aliphatic rings. The molecule has 0 unspecified atom stereocenters. The number of hydrogen-bond acceptors (Lipinski definition) is 5. The van der Waals surface area contributed by atoms with Crippen LogP contribution in [0, 0.1) is 18.3 Å². The Morgan fingerprint density at radius 2 is 1.84 bits per heavy atom. The number of benzene rings is 2. The highest BCUT2D eigenvalue weighted by Crippen LogP contribution is 2.15. The van der Waals surface area contributed by atoms with Crippen LogP contribution in [0.5, 0.6) is 0 Å². The average molecular weight is 360 g/mol. The SMILES string of the molecule is CCN(CCC#N)c1cccc(C)c1.Nc1cccc(S(N)(=O)=O)c1. The zero-order valence-corrected chi connectivity index (χ0v) is 15.3. The Balaban J connectivity index is 0.000000257. The fraction of sp³-hybridized carbons (Fsp3) is 0.278. The number of hydrogen-bond donors (Lipinski definition) is 2. The van der Waals surface area contributed by atoms with E-state index in [1.54, 1.807) is 6.07 Å². The van der Waals surface area contributed by atoms with Crippen LogP contribution in [-0.2, 0) is 10.0 Å². The molecule has 0 atom stereocenters. The summed E-state index contributed by atoms with van der Waals surface area (Å²) in [6.07, 6.45) is 0.585. The Hall–Kier alpha value is -2.56. The molecular weight excluding hydrogens is 336 g/mol. The van der Waals surface area contributed by atoms with Crippen LogP contribution < -0.4 is 15.8 Å². The molecule has 2 rings (SSSR count). The van der Waals surface area contributed by atoms with Gasteiger partial charge in [-0.2, -0.15) is 5.26 Å². The van der Waals surface area contributed by atoms with Gasteiger partial charge >= 0.3 is 0 Å². The largest absolute Gasteiger partial charge is 0.399 e. The number of nitriles is 1. The van der Waals surface area contributed by atoms with E-state index in [0.29, 0.717) is 12.1 Å². The maximum absolute atomic E-state index is 10.7. The van der Waals surface area contributed by atoms with Gasteiger partial charge in [0.2, 0.25) is 10.0 Å². The Morgan fingerprint density at radius 3 is 2.32 bits per heavy atom. The number of anilines is 2. The molecule has 0 aromatic heterocycles. The van der Waals surface area contributed by atoms with E-state index >= 15 is 0 Å². The van der Waals surface area contributed by atoms with Crippen LogP contribution in [0.3, 0.4) is 0 Å². The van der Waals surface area contributed by atoms with Gasteiger partial charge in [0.05, 0.1) is 17.4 Å². The van der Waals surface area contributed by atoms with Crippen molar-refractivity contribution in [2.45, 2.75) is 25.2 Å². The summed E-state index contributed by atoms with van der Waals surface area (Å²) in [5.41, 5.74) is 8.19. The van der Waals surface area contributed by atoms with Crippen molar-refractivity contribution in [3.05, 3.63) is 54.1 Å². The van der Waals surface area contributed by atoms with E-state index in [9.17, 15) is 8.42 Å². The number of nitrogen functional groups attached to an aromatic ring is 1. The molecule has 0 aliphatic heterocycles. The summed E-state index contributed by atoms with van der Waals surface area (Å²) in [6.45, 7) is 5.96. The lowest BCUT2D eigenvalue weighted by Gasteiger charge is -2.22. The smallest absolute Gasteiger partial charge is 0.238 e. The third-order valence-corrected chi connectivity index (χ3v) is 4.34. The molecule has 4 N–H and O–H groups in total. The van der Waals surface area contributed by atoms with Crippen molar-refractivity contribution >= 4 is 21.4 Å². The molecule has 0 saturated heterocycles. The molecule has 0 radical (unpaired) electrons. The third-order valence-electron chi connectivity index (χ3n) is 3.43. The fourth-order valence-corrected chi connectivity index (χ4v) is 2.74. The molecule has 0 spiro atoms. The second-order valence-electron chi connectivity index (χ2n) is 5.44. The van der Waals surface area contributed by atoms with Gasteiger partial charge in [-0.1, -0.05) is 18.2 Å². The van der Waals surface area contributed by atoms with Crippen molar-refractivity contribution in [2.24, 2.45) is 5.14 Å². The van der Waals surface area contributed by atoms with E-state index in [0.717, 1.165) is 13.1 Å². The lowest BCUT2D eigenvalue weighted by molar-refractivity contribution is 0.598. The molecule has 2 aromatic rings. The van der Waals surface area contributed by atoms with Crippen LogP contribution >= 0.6 is 0 Å². The first-order chi connectivity index (χ1) is 11.8. The maximum atomic E-state index is 10.7. The topological polar surface area (TPSA) is 113 Å². The highest BCUT2D eigenvalue weighted by molar-refractivity contribution is 7.89. The quantitative estimate of drug-likeness (QED) is 0.796. The first-order valence-electron chi connectivity index (χ1n) is 7.84. The van der Waals surface area contributed by atoms with Crippen LogP contribution in [0.2, 0.25) is 0 Å². The highest BCUT2D eigenvalue weighted by atomic mass is 32.2. The number of primary sulfonamides is 1. The predicted octanol–water partition coefficient (Wildman–Crippen LogP) is 2.65. The van der Waals surface area contributed by atoms with E-state index in [1.807, 2.05) is 0 Å². The second-order valence-corrected chi connectivity index (χ2v) is 7.01. The van der Waals surface area contributed by atoms with Crippen LogP contribution in [0.15, 0.2) is 53.4 Å². The van der Waals surface area contributed by atoms with Gasteiger partial charge in [0, 0.05) is 24.5 Å². The summed E-state index contributed by atoms with van der Waals surface area (Å²) in [7, 11) is -3.61. The van der Waals surface area contributed by atoms with Crippen LogP contribution in [0.25, 0.3) is 0 Å². The van der Waals surface area contributed by atoms with Gasteiger partial charge < -0.3 is 10.6 Å². The van der Waals surface area contributed by atoms with E-state index in [-0.39, 0.29) is 4.90 Å². The minimum atomic E-state index is -3.61. The standard InChI is InChI=1S/C12H16N2.C6H8N2O2S/c1-3-14(9-5-8-13)12-7-4-6-11(2)10-12;7-5-2-1-3-6(4-5)11(8,9)10/h4,6-7,10H,3,5,9H2,1-2H3;1-4H,7H2,(H2,8,9,10). The number of nitrogens with two attached hydrogens (primary N) is 2. The molecule has 0 amide bonds. The number of rotatable bonds is 5. The molecule has 2 aromatic carbocycles. The van der Waals surface area contributed by atoms with E-state index in [1.165, 1.54) is 29.4 Å². The zero-order valence-electron chi connectivity index (χ0n) is 14.5. The molecule has 134 valence electrons. The summed E-state index contributed by atoms with van der Waals surface area (Å²) in [6, 6.07) is 16.4.